The van der Waals surface area contributed by atoms with E-state index >= 15 is 0 Å². The molecule has 0 saturated carbocycles. The Labute approximate surface area is 133 Å². The topological polar surface area (TPSA) is 41.9 Å². The van der Waals surface area contributed by atoms with E-state index in [0.717, 1.165) is 26.2 Å². The number of thiophene rings is 1. The van der Waals surface area contributed by atoms with E-state index < -0.39 is 0 Å². The Hall–Kier alpha value is -1.31. The van der Waals surface area contributed by atoms with Crippen molar-refractivity contribution in [2.45, 2.75) is 6.54 Å². The molecule has 102 valence electrons. The van der Waals surface area contributed by atoms with Crippen molar-refractivity contribution in [1.82, 2.24) is 15.2 Å². The first-order valence-corrected chi connectivity index (χ1v) is 8.35. The average Bonchev–Trinajstić information content (AvgIpc) is 3.09. The quantitative estimate of drug-likeness (QED) is 0.697. The maximum Gasteiger partial charge on any atom is 0.208 e. The third kappa shape index (κ3) is 3.05. The van der Waals surface area contributed by atoms with Crippen LogP contribution in [0.2, 0.25) is 0 Å². The minimum absolute atomic E-state index is 0.827. The van der Waals surface area contributed by atoms with Gasteiger partial charge in [-0.15, -0.1) is 21.5 Å². The average molecular weight is 367 g/mol. The molecule has 3 rings (SSSR count). The number of rotatable bonds is 4. The molecule has 0 amide bonds. The lowest BCUT2D eigenvalue weighted by atomic mass is 10.4. The molecule has 3 aromatic heterocycles. The monoisotopic (exact) mass is 366 g/mol. The lowest BCUT2D eigenvalue weighted by Crippen LogP contribution is -2.15. The van der Waals surface area contributed by atoms with Crippen molar-refractivity contribution < 1.29 is 0 Å². The highest BCUT2D eigenvalue weighted by Gasteiger charge is 2.12. The van der Waals surface area contributed by atoms with E-state index in [1.807, 2.05) is 25.2 Å². The van der Waals surface area contributed by atoms with Gasteiger partial charge >= 0.3 is 0 Å². The first-order chi connectivity index (χ1) is 9.72. The van der Waals surface area contributed by atoms with Crippen LogP contribution >= 0.6 is 38.6 Å². The second kappa shape index (κ2) is 5.99. The normalized spacial score (nSPS) is 10.7. The number of aromatic nitrogens is 3. The molecule has 0 aromatic carbocycles. The summed E-state index contributed by atoms with van der Waals surface area (Å²) in [4.78, 5) is 7.68. The first kappa shape index (κ1) is 13.7. The molecule has 0 N–H and O–H groups in total. The summed E-state index contributed by atoms with van der Waals surface area (Å²) < 4.78 is 1.15. The Balaban J connectivity index is 1.76. The van der Waals surface area contributed by atoms with Crippen molar-refractivity contribution in [2.24, 2.45) is 0 Å². The maximum absolute atomic E-state index is 4.29. The van der Waals surface area contributed by atoms with Crippen molar-refractivity contribution in [3.63, 3.8) is 0 Å². The predicted octanol–water partition coefficient (Wildman–Crippen LogP) is 4.06. The van der Waals surface area contributed by atoms with E-state index in [1.165, 1.54) is 4.88 Å². The van der Waals surface area contributed by atoms with Gasteiger partial charge in [0, 0.05) is 18.1 Å². The van der Waals surface area contributed by atoms with Crippen LogP contribution in [0.25, 0.3) is 10.7 Å². The largest absolute Gasteiger partial charge is 0.345 e. The van der Waals surface area contributed by atoms with Gasteiger partial charge in [0.05, 0.1) is 10.3 Å². The van der Waals surface area contributed by atoms with Gasteiger partial charge in [0.2, 0.25) is 5.13 Å². The van der Waals surface area contributed by atoms with Crippen LogP contribution in [0.15, 0.2) is 40.3 Å². The fourth-order valence-electron chi connectivity index (χ4n) is 1.70. The van der Waals surface area contributed by atoms with Gasteiger partial charge in [-0.2, -0.15) is 0 Å². The van der Waals surface area contributed by atoms with E-state index in [9.17, 15) is 0 Å². The molecular weight excluding hydrogens is 356 g/mol. The maximum atomic E-state index is 4.29. The third-order valence-corrected chi connectivity index (χ3v) is 5.32. The van der Waals surface area contributed by atoms with Crippen LogP contribution in [0.5, 0.6) is 0 Å². The minimum Gasteiger partial charge on any atom is -0.345 e. The molecule has 0 saturated heterocycles. The van der Waals surface area contributed by atoms with Crippen molar-refractivity contribution in [2.75, 3.05) is 11.9 Å². The molecule has 3 heterocycles. The smallest absolute Gasteiger partial charge is 0.208 e. The van der Waals surface area contributed by atoms with Gasteiger partial charge in [-0.1, -0.05) is 17.4 Å². The summed E-state index contributed by atoms with van der Waals surface area (Å²) in [6.07, 6.45) is 1.77. The van der Waals surface area contributed by atoms with Crippen LogP contribution in [0.3, 0.4) is 0 Å². The molecule has 0 atom stereocenters. The highest BCUT2D eigenvalue weighted by Crippen LogP contribution is 2.29. The van der Waals surface area contributed by atoms with Crippen LogP contribution in [-0.4, -0.2) is 22.2 Å². The molecule has 0 spiro atoms. The Morgan fingerprint density at radius 1 is 1.15 bits per heavy atom. The van der Waals surface area contributed by atoms with Gasteiger partial charge < -0.3 is 4.90 Å². The second-order valence-electron chi connectivity index (χ2n) is 4.17. The molecule has 0 aliphatic carbocycles. The molecule has 0 unspecified atom stereocenters. The lowest BCUT2D eigenvalue weighted by molar-refractivity contribution is 0.907. The zero-order chi connectivity index (χ0) is 13.9. The van der Waals surface area contributed by atoms with Crippen molar-refractivity contribution in [3.05, 3.63) is 45.2 Å². The summed E-state index contributed by atoms with van der Waals surface area (Å²) in [6.45, 7) is 0.827. The molecule has 0 radical (unpaired) electrons. The Bertz CT molecular complexity index is 695. The molecule has 0 aliphatic heterocycles. The molecular formula is C13H11BrN4S2. The number of halogens is 1. The van der Waals surface area contributed by atoms with Crippen LogP contribution < -0.4 is 4.90 Å². The zero-order valence-electron chi connectivity index (χ0n) is 10.7. The molecule has 20 heavy (non-hydrogen) atoms. The Morgan fingerprint density at radius 2 is 2.05 bits per heavy atom. The van der Waals surface area contributed by atoms with Gasteiger partial charge in [0.15, 0.2) is 5.01 Å². The van der Waals surface area contributed by atoms with E-state index in [4.69, 9.17) is 0 Å². The number of anilines is 1. The van der Waals surface area contributed by atoms with E-state index in [2.05, 4.69) is 48.1 Å². The van der Waals surface area contributed by atoms with Crippen LogP contribution in [0, 0.1) is 0 Å². The number of pyridine rings is 1. The van der Waals surface area contributed by atoms with Crippen LogP contribution in [-0.2, 0) is 6.54 Å². The molecule has 0 fully saturated rings. The summed E-state index contributed by atoms with van der Waals surface area (Å²) in [5, 5.41) is 10.2. The van der Waals surface area contributed by atoms with Crippen LogP contribution in [0.4, 0.5) is 5.13 Å². The van der Waals surface area contributed by atoms with Crippen molar-refractivity contribution >= 4 is 43.7 Å². The van der Waals surface area contributed by atoms with Crippen LogP contribution in [0.1, 0.15) is 4.88 Å². The van der Waals surface area contributed by atoms with Gasteiger partial charge in [-0.3, -0.25) is 4.98 Å². The number of nitrogens with zero attached hydrogens (tertiary/aromatic N) is 4. The highest BCUT2D eigenvalue weighted by molar-refractivity contribution is 9.11. The minimum atomic E-state index is 0.827. The molecule has 0 bridgehead atoms. The van der Waals surface area contributed by atoms with Gasteiger partial charge in [-0.25, -0.2) is 0 Å². The molecule has 0 aliphatic rings. The zero-order valence-corrected chi connectivity index (χ0v) is 13.9. The molecule has 3 aromatic rings. The number of hydrogen-bond acceptors (Lipinski definition) is 6. The predicted molar refractivity (Wildman–Crippen MR) is 87.3 cm³/mol. The molecule has 4 nitrogen and oxygen atoms in total. The first-order valence-electron chi connectivity index (χ1n) is 5.92. The second-order valence-corrected chi connectivity index (χ2v) is 7.67. The summed E-state index contributed by atoms with van der Waals surface area (Å²) >= 11 is 6.77. The fourth-order valence-corrected chi connectivity index (χ4v) is 4.02. The summed E-state index contributed by atoms with van der Waals surface area (Å²) in [7, 11) is 2.02. The SMILES string of the molecule is CN(Cc1ccc(Br)s1)c1nnc(-c2ccccn2)s1. The molecule has 7 heteroatoms. The van der Waals surface area contributed by atoms with E-state index in [0.29, 0.717) is 0 Å². The lowest BCUT2D eigenvalue weighted by Gasteiger charge is -2.13. The van der Waals surface area contributed by atoms with E-state index in [1.54, 1.807) is 28.9 Å². The standard InChI is InChI=1S/C13H11BrN4S2/c1-18(8-9-5-6-11(14)19-9)13-17-16-12(20-13)10-4-2-3-7-15-10/h2-7H,8H2,1H3. The summed E-state index contributed by atoms with van der Waals surface area (Å²) in [5.74, 6) is 0. The van der Waals surface area contributed by atoms with Crippen molar-refractivity contribution in [3.8, 4) is 10.7 Å². The van der Waals surface area contributed by atoms with Crippen molar-refractivity contribution in [1.29, 1.82) is 0 Å². The van der Waals surface area contributed by atoms with Gasteiger partial charge in [0.1, 0.15) is 5.69 Å². The Morgan fingerprint density at radius 3 is 2.75 bits per heavy atom. The van der Waals surface area contributed by atoms with Gasteiger partial charge in [-0.05, 0) is 40.2 Å². The fraction of sp³-hybridized carbons (Fsp3) is 0.154. The van der Waals surface area contributed by atoms with E-state index in [-0.39, 0.29) is 0 Å². The summed E-state index contributed by atoms with van der Waals surface area (Å²) in [6, 6.07) is 9.97. The Kier molecular flexibility index (Phi) is 4.09. The highest BCUT2D eigenvalue weighted by atomic mass is 79.9. The third-order valence-electron chi connectivity index (χ3n) is 2.65. The van der Waals surface area contributed by atoms with Gasteiger partial charge in [0.25, 0.3) is 0 Å². The summed E-state index contributed by atoms with van der Waals surface area (Å²) in [5.41, 5.74) is 0.864. The number of hydrogen-bond donors (Lipinski definition) is 0.